The molecule has 1 aromatic rings. The Bertz CT molecular complexity index is 689. The van der Waals surface area contributed by atoms with Crippen LogP contribution in [-0.2, 0) is 4.74 Å². The lowest BCUT2D eigenvalue weighted by Crippen LogP contribution is -2.49. The van der Waals surface area contributed by atoms with Crippen LogP contribution in [0.3, 0.4) is 0 Å². The minimum Gasteiger partial charge on any atom is -0.389 e. The number of nitrogens with zero attached hydrogens (tertiary/aromatic N) is 2. The Morgan fingerprint density at radius 2 is 1.89 bits per heavy atom. The van der Waals surface area contributed by atoms with Gasteiger partial charge >= 0.3 is 0 Å². The van der Waals surface area contributed by atoms with Gasteiger partial charge in [0, 0.05) is 32.7 Å². The Morgan fingerprint density at radius 3 is 2.50 bits per heavy atom. The molecular weight excluding hydrogens is 355 g/mol. The fourth-order valence-electron chi connectivity index (χ4n) is 5.84. The first-order valence-electron chi connectivity index (χ1n) is 10.8. The first kappa shape index (κ1) is 20.1. The summed E-state index contributed by atoms with van der Waals surface area (Å²) in [6, 6.07) is 6.96. The number of ether oxygens (including phenoxy) is 1. The van der Waals surface area contributed by atoms with Crippen molar-refractivity contribution in [1.29, 1.82) is 0 Å². The van der Waals surface area contributed by atoms with Gasteiger partial charge in [0.15, 0.2) is 0 Å². The summed E-state index contributed by atoms with van der Waals surface area (Å²) in [6.07, 6.45) is 3.50. The number of halogens is 1. The van der Waals surface area contributed by atoms with Gasteiger partial charge in [0.1, 0.15) is 5.82 Å². The van der Waals surface area contributed by atoms with E-state index in [1.54, 1.807) is 6.07 Å². The average molecular weight is 391 g/mol. The summed E-state index contributed by atoms with van der Waals surface area (Å²) in [7, 11) is 0. The molecule has 3 aliphatic rings. The summed E-state index contributed by atoms with van der Waals surface area (Å²) in [5.41, 5.74) is 1.26. The molecule has 0 aromatic heterocycles. The highest BCUT2D eigenvalue weighted by Crippen LogP contribution is 2.66. The number of hydrogen-bond donors (Lipinski definition) is 1. The van der Waals surface area contributed by atoms with Gasteiger partial charge in [0.2, 0.25) is 0 Å². The van der Waals surface area contributed by atoms with E-state index >= 15 is 0 Å². The predicted molar refractivity (Wildman–Crippen MR) is 110 cm³/mol. The number of hydrogen-bond acceptors (Lipinski definition) is 4. The van der Waals surface area contributed by atoms with Crippen molar-refractivity contribution in [3.63, 3.8) is 0 Å². The maximum atomic E-state index is 14.0. The Balaban J connectivity index is 1.23. The molecule has 1 saturated heterocycles. The van der Waals surface area contributed by atoms with Crippen LogP contribution in [0.2, 0.25) is 0 Å². The Labute approximate surface area is 168 Å². The second-order valence-corrected chi connectivity index (χ2v) is 9.83. The zero-order chi connectivity index (χ0) is 19.9. The largest absolute Gasteiger partial charge is 0.389 e. The van der Waals surface area contributed by atoms with Crippen LogP contribution in [0.4, 0.5) is 10.1 Å². The smallest absolute Gasteiger partial charge is 0.146 e. The number of benzene rings is 1. The highest BCUT2D eigenvalue weighted by atomic mass is 19.1. The summed E-state index contributed by atoms with van der Waals surface area (Å²) >= 11 is 0. The number of rotatable bonds is 6. The molecule has 28 heavy (non-hydrogen) atoms. The van der Waals surface area contributed by atoms with E-state index in [9.17, 15) is 9.50 Å². The minimum atomic E-state index is -0.467. The van der Waals surface area contributed by atoms with Crippen LogP contribution in [0.5, 0.6) is 0 Å². The van der Waals surface area contributed by atoms with Crippen molar-refractivity contribution in [2.24, 2.45) is 16.7 Å². The van der Waals surface area contributed by atoms with Crippen LogP contribution in [0.1, 0.15) is 40.0 Å². The zero-order valence-corrected chi connectivity index (χ0v) is 17.5. The highest BCUT2D eigenvalue weighted by Gasteiger charge is 2.61. The van der Waals surface area contributed by atoms with Crippen LogP contribution in [0, 0.1) is 22.6 Å². The predicted octanol–water partition coefficient (Wildman–Crippen LogP) is 3.54. The number of β-amino-alcohol motifs (C(OH)–C–C–N with tert-alkyl or cyclic N) is 1. The van der Waals surface area contributed by atoms with Gasteiger partial charge in [-0.2, -0.15) is 0 Å². The van der Waals surface area contributed by atoms with Crippen molar-refractivity contribution in [3.05, 3.63) is 30.1 Å². The molecule has 4 unspecified atom stereocenters. The van der Waals surface area contributed by atoms with Crippen LogP contribution in [0.15, 0.2) is 24.3 Å². The SMILES string of the molecule is CC1(C)C2CCC1(C)C(OCC(O)CN1CCN(c3ccccc3F)CC1)C2. The topological polar surface area (TPSA) is 35.9 Å². The lowest BCUT2D eigenvalue weighted by Gasteiger charge is -2.39. The van der Waals surface area contributed by atoms with Crippen molar-refractivity contribution in [2.45, 2.75) is 52.2 Å². The van der Waals surface area contributed by atoms with Crippen LogP contribution < -0.4 is 4.90 Å². The van der Waals surface area contributed by atoms with Gasteiger partial charge in [-0.05, 0) is 48.1 Å². The molecule has 4 rings (SSSR count). The number of anilines is 1. The number of piperazine rings is 1. The second kappa shape index (κ2) is 7.58. The summed E-state index contributed by atoms with van der Waals surface area (Å²) < 4.78 is 20.2. The Hall–Kier alpha value is -1.17. The minimum absolute atomic E-state index is 0.160. The molecule has 2 aliphatic carbocycles. The number of aliphatic hydroxyl groups excluding tert-OH is 1. The van der Waals surface area contributed by atoms with Gasteiger partial charge in [0.25, 0.3) is 0 Å². The highest BCUT2D eigenvalue weighted by molar-refractivity contribution is 5.47. The summed E-state index contributed by atoms with van der Waals surface area (Å²) in [5.74, 6) is 0.595. The fraction of sp³-hybridized carbons (Fsp3) is 0.739. The Kier molecular flexibility index (Phi) is 5.45. The van der Waals surface area contributed by atoms with Crippen LogP contribution in [-0.4, -0.2) is 61.5 Å². The first-order chi connectivity index (χ1) is 13.3. The van der Waals surface area contributed by atoms with Crippen molar-refractivity contribution >= 4 is 5.69 Å². The molecule has 2 saturated carbocycles. The first-order valence-corrected chi connectivity index (χ1v) is 10.8. The van der Waals surface area contributed by atoms with E-state index < -0.39 is 6.10 Å². The third kappa shape index (κ3) is 3.46. The standard InChI is InChI=1S/C23H35FN2O2/c1-22(2)17-8-9-23(22,3)21(14-17)28-16-18(27)15-25-10-12-26(13-11-25)20-7-5-4-6-19(20)24/h4-7,17-18,21,27H,8-16H2,1-3H3. The van der Waals surface area contributed by atoms with E-state index in [1.807, 2.05) is 12.1 Å². The van der Waals surface area contributed by atoms with Gasteiger partial charge in [-0.3, -0.25) is 4.90 Å². The van der Waals surface area contributed by atoms with Crippen LogP contribution in [0.25, 0.3) is 0 Å². The normalized spacial score (nSPS) is 33.4. The maximum absolute atomic E-state index is 14.0. The monoisotopic (exact) mass is 390 g/mol. The van der Waals surface area contributed by atoms with E-state index in [4.69, 9.17) is 4.74 Å². The van der Waals surface area contributed by atoms with E-state index in [0.717, 1.165) is 38.5 Å². The van der Waals surface area contributed by atoms with Gasteiger partial charge in [-0.25, -0.2) is 4.39 Å². The number of para-hydroxylation sites is 1. The molecule has 0 spiro atoms. The molecule has 4 nitrogen and oxygen atoms in total. The van der Waals surface area contributed by atoms with Crippen molar-refractivity contribution in [3.8, 4) is 0 Å². The quantitative estimate of drug-likeness (QED) is 0.806. The summed E-state index contributed by atoms with van der Waals surface area (Å²) in [4.78, 5) is 4.35. The van der Waals surface area contributed by atoms with E-state index in [1.165, 1.54) is 18.9 Å². The summed E-state index contributed by atoms with van der Waals surface area (Å²) in [5, 5.41) is 10.5. The molecule has 0 radical (unpaired) electrons. The molecule has 2 bridgehead atoms. The molecule has 5 heteroatoms. The van der Waals surface area contributed by atoms with Crippen molar-refractivity contribution in [2.75, 3.05) is 44.2 Å². The molecule has 1 aromatic carbocycles. The van der Waals surface area contributed by atoms with Gasteiger partial charge in [0.05, 0.1) is 24.5 Å². The molecule has 1 aliphatic heterocycles. The van der Waals surface area contributed by atoms with Gasteiger partial charge in [-0.15, -0.1) is 0 Å². The van der Waals surface area contributed by atoms with Gasteiger partial charge < -0.3 is 14.7 Å². The molecule has 1 N–H and O–H groups in total. The van der Waals surface area contributed by atoms with Crippen molar-refractivity contribution in [1.82, 2.24) is 4.90 Å². The second-order valence-electron chi connectivity index (χ2n) is 9.83. The molecule has 0 amide bonds. The lowest BCUT2D eigenvalue weighted by molar-refractivity contribution is -0.0794. The lowest BCUT2D eigenvalue weighted by atomic mass is 9.70. The molecule has 1 heterocycles. The third-order valence-electron chi connectivity index (χ3n) is 8.24. The molecule has 156 valence electrons. The Morgan fingerprint density at radius 1 is 1.18 bits per heavy atom. The third-order valence-corrected chi connectivity index (χ3v) is 8.24. The van der Waals surface area contributed by atoms with Gasteiger partial charge in [-0.1, -0.05) is 32.9 Å². The van der Waals surface area contributed by atoms with E-state index in [-0.39, 0.29) is 17.3 Å². The summed E-state index contributed by atoms with van der Waals surface area (Å²) in [6.45, 7) is 11.4. The fourth-order valence-corrected chi connectivity index (χ4v) is 5.84. The maximum Gasteiger partial charge on any atom is 0.146 e. The molecule has 3 fully saturated rings. The van der Waals surface area contributed by atoms with Crippen molar-refractivity contribution < 1.29 is 14.2 Å². The van der Waals surface area contributed by atoms with E-state index in [2.05, 4.69) is 30.6 Å². The average Bonchev–Trinajstić information content (AvgIpc) is 3.01. The number of fused-ring (bicyclic) bond motifs is 2. The van der Waals surface area contributed by atoms with E-state index in [0.29, 0.717) is 24.3 Å². The zero-order valence-electron chi connectivity index (χ0n) is 17.5. The molecular formula is C23H35FN2O2. The van der Waals surface area contributed by atoms with Crippen LogP contribution >= 0.6 is 0 Å². The number of aliphatic hydroxyl groups is 1. The molecule has 4 atom stereocenters.